The minimum absolute atomic E-state index is 0.715. The third-order valence-corrected chi connectivity index (χ3v) is 4.16. The largest absolute Gasteiger partial charge is 0.497 e. The molecule has 23 heavy (non-hydrogen) atoms. The van der Waals surface area contributed by atoms with Gasteiger partial charge in [-0.3, -0.25) is 0 Å². The Kier molecular flexibility index (Phi) is 6.05. The minimum atomic E-state index is 0.715. The zero-order valence-electron chi connectivity index (χ0n) is 14.1. The lowest BCUT2D eigenvalue weighted by atomic mass is 10.0. The van der Waals surface area contributed by atoms with E-state index in [0.717, 1.165) is 35.5 Å². The number of aryl methyl sites for hydroxylation is 1. The number of benzene rings is 2. The molecule has 2 rings (SSSR count). The second kappa shape index (κ2) is 8.02. The van der Waals surface area contributed by atoms with Crippen molar-refractivity contribution in [3.63, 3.8) is 0 Å². The van der Waals surface area contributed by atoms with E-state index < -0.39 is 0 Å². The van der Waals surface area contributed by atoms with E-state index in [1.165, 1.54) is 5.56 Å². The summed E-state index contributed by atoms with van der Waals surface area (Å²) in [5.74, 6) is 0.858. The summed E-state index contributed by atoms with van der Waals surface area (Å²) in [6.07, 6.45) is 2.59. The molecule has 0 aliphatic carbocycles. The zero-order chi connectivity index (χ0) is 16.8. The number of rotatable bonds is 6. The molecular formula is C19H23ClN2O. The number of methoxy groups -OCH3 is 1. The summed E-state index contributed by atoms with van der Waals surface area (Å²) in [6, 6.07) is 12.2. The fourth-order valence-corrected chi connectivity index (χ4v) is 2.48. The maximum absolute atomic E-state index is 6.56. The Balaban J connectivity index is 2.27. The first kappa shape index (κ1) is 17.4. The molecule has 4 heteroatoms. The molecule has 0 unspecified atom stereocenters. The van der Waals surface area contributed by atoms with Crippen LogP contribution in [0.4, 0.5) is 5.69 Å². The van der Waals surface area contributed by atoms with Crippen molar-refractivity contribution in [2.45, 2.75) is 20.3 Å². The molecule has 0 bridgehead atoms. The van der Waals surface area contributed by atoms with Gasteiger partial charge in [0.15, 0.2) is 0 Å². The standard InChI is InChI=1S/C19H23ClN2O/c1-5-22(3)13-21-18-11-14(2)10-16(19(18)20)12-15-6-8-17(23-4)9-7-15/h6-11,13H,5,12H2,1-4H3/b21-13-. The monoisotopic (exact) mass is 330 g/mol. The van der Waals surface area contributed by atoms with Crippen LogP contribution in [0.1, 0.15) is 23.6 Å². The summed E-state index contributed by atoms with van der Waals surface area (Å²) in [5.41, 5.74) is 4.25. The summed E-state index contributed by atoms with van der Waals surface area (Å²) in [4.78, 5) is 6.53. The Morgan fingerprint density at radius 2 is 1.91 bits per heavy atom. The molecule has 122 valence electrons. The van der Waals surface area contributed by atoms with Gasteiger partial charge in [0, 0.05) is 13.6 Å². The number of aliphatic imine (C=N–C) groups is 1. The molecule has 0 heterocycles. The minimum Gasteiger partial charge on any atom is -0.497 e. The molecule has 0 spiro atoms. The predicted molar refractivity (Wildman–Crippen MR) is 98.4 cm³/mol. The van der Waals surface area contributed by atoms with E-state index in [-0.39, 0.29) is 0 Å². The average molecular weight is 331 g/mol. The molecule has 0 saturated carbocycles. The highest BCUT2D eigenvalue weighted by atomic mass is 35.5. The summed E-state index contributed by atoms with van der Waals surface area (Å²) >= 11 is 6.56. The van der Waals surface area contributed by atoms with Gasteiger partial charge >= 0.3 is 0 Å². The van der Waals surface area contributed by atoms with Gasteiger partial charge in [-0.05, 0) is 55.2 Å². The predicted octanol–water partition coefficient (Wildman–Crippen LogP) is 4.86. The lowest BCUT2D eigenvalue weighted by Gasteiger charge is -2.12. The normalized spacial score (nSPS) is 11.0. The van der Waals surface area contributed by atoms with Crippen molar-refractivity contribution in [2.75, 3.05) is 20.7 Å². The van der Waals surface area contributed by atoms with Crippen molar-refractivity contribution in [1.29, 1.82) is 0 Å². The highest BCUT2D eigenvalue weighted by Gasteiger charge is 2.08. The summed E-state index contributed by atoms with van der Waals surface area (Å²) in [7, 11) is 3.66. The van der Waals surface area contributed by atoms with Crippen LogP contribution in [0.5, 0.6) is 5.75 Å². The maximum atomic E-state index is 6.56. The molecule has 0 N–H and O–H groups in total. The van der Waals surface area contributed by atoms with Gasteiger partial charge in [0.1, 0.15) is 5.75 Å². The first-order valence-corrected chi connectivity index (χ1v) is 8.07. The van der Waals surface area contributed by atoms with Gasteiger partial charge in [0.2, 0.25) is 0 Å². The molecule has 0 amide bonds. The summed E-state index contributed by atoms with van der Waals surface area (Å²) in [5, 5.41) is 0.715. The Morgan fingerprint density at radius 3 is 2.52 bits per heavy atom. The fourth-order valence-electron chi connectivity index (χ4n) is 2.25. The smallest absolute Gasteiger partial charge is 0.118 e. The van der Waals surface area contributed by atoms with E-state index in [1.807, 2.05) is 36.5 Å². The topological polar surface area (TPSA) is 24.8 Å². The quantitative estimate of drug-likeness (QED) is 0.558. The van der Waals surface area contributed by atoms with Crippen LogP contribution >= 0.6 is 11.6 Å². The Bertz CT molecular complexity index is 681. The van der Waals surface area contributed by atoms with Gasteiger partial charge < -0.3 is 9.64 Å². The second-order valence-electron chi connectivity index (χ2n) is 5.60. The van der Waals surface area contributed by atoms with Crippen LogP contribution in [0.2, 0.25) is 5.02 Å². The first-order chi connectivity index (χ1) is 11.0. The van der Waals surface area contributed by atoms with Crippen LogP contribution in [0.3, 0.4) is 0 Å². The van der Waals surface area contributed by atoms with Gasteiger partial charge in [-0.15, -0.1) is 0 Å². The molecule has 2 aromatic carbocycles. The molecule has 0 saturated heterocycles. The SMILES string of the molecule is CCN(C)/C=N\c1cc(C)cc(Cc2ccc(OC)cc2)c1Cl. The molecular weight excluding hydrogens is 308 g/mol. The molecule has 0 atom stereocenters. The molecule has 2 aromatic rings. The van der Waals surface area contributed by atoms with Crippen LogP contribution in [0, 0.1) is 6.92 Å². The van der Waals surface area contributed by atoms with Crippen molar-refractivity contribution >= 4 is 23.6 Å². The lowest BCUT2D eigenvalue weighted by Crippen LogP contribution is -2.14. The number of nitrogens with zero attached hydrogens (tertiary/aromatic N) is 2. The molecule has 3 nitrogen and oxygen atoms in total. The first-order valence-electron chi connectivity index (χ1n) is 7.70. The zero-order valence-corrected chi connectivity index (χ0v) is 14.9. The highest BCUT2D eigenvalue weighted by molar-refractivity contribution is 6.33. The number of halogens is 1. The van der Waals surface area contributed by atoms with Crippen LogP contribution in [-0.2, 0) is 6.42 Å². The van der Waals surface area contributed by atoms with Gasteiger partial charge in [-0.25, -0.2) is 4.99 Å². The van der Waals surface area contributed by atoms with E-state index in [1.54, 1.807) is 7.11 Å². The highest BCUT2D eigenvalue weighted by Crippen LogP contribution is 2.31. The van der Waals surface area contributed by atoms with Gasteiger partial charge in [-0.1, -0.05) is 29.8 Å². The molecule has 0 aliphatic heterocycles. The number of hydrogen-bond acceptors (Lipinski definition) is 2. The summed E-state index contributed by atoms with van der Waals surface area (Å²) in [6.45, 7) is 5.06. The fraction of sp³-hybridized carbons (Fsp3) is 0.316. The van der Waals surface area contributed by atoms with Crippen molar-refractivity contribution in [3.05, 3.63) is 58.1 Å². The molecule has 0 fully saturated rings. The van der Waals surface area contributed by atoms with Gasteiger partial charge in [0.05, 0.1) is 24.2 Å². The third kappa shape index (κ3) is 4.73. The van der Waals surface area contributed by atoms with Crippen molar-refractivity contribution < 1.29 is 4.74 Å². The number of hydrogen-bond donors (Lipinski definition) is 0. The molecule has 0 aromatic heterocycles. The van der Waals surface area contributed by atoms with Gasteiger partial charge in [0.25, 0.3) is 0 Å². The van der Waals surface area contributed by atoms with E-state index >= 15 is 0 Å². The average Bonchev–Trinajstić information content (AvgIpc) is 2.56. The maximum Gasteiger partial charge on any atom is 0.118 e. The Labute approximate surface area is 143 Å². The Morgan fingerprint density at radius 1 is 1.22 bits per heavy atom. The van der Waals surface area contributed by atoms with Gasteiger partial charge in [-0.2, -0.15) is 0 Å². The van der Waals surface area contributed by atoms with Crippen LogP contribution in [0.15, 0.2) is 41.4 Å². The number of ether oxygens (including phenoxy) is 1. The van der Waals surface area contributed by atoms with E-state index in [0.29, 0.717) is 5.02 Å². The van der Waals surface area contributed by atoms with Crippen molar-refractivity contribution in [3.8, 4) is 5.75 Å². The van der Waals surface area contributed by atoms with Crippen molar-refractivity contribution in [1.82, 2.24) is 4.90 Å². The van der Waals surface area contributed by atoms with Crippen molar-refractivity contribution in [2.24, 2.45) is 4.99 Å². The van der Waals surface area contributed by atoms with E-state index in [9.17, 15) is 0 Å². The van der Waals surface area contributed by atoms with Crippen LogP contribution in [-0.4, -0.2) is 31.9 Å². The van der Waals surface area contributed by atoms with E-state index in [2.05, 4.69) is 37.0 Å². The Hall–Kier alpha value is -2.00. The van der Waals surface area contributed by atoms with Crippen LogP contribution in [0.25, 0.3) is 0 Å². The molecule has 0 aliphatic rings. The molecule has 0 radical (unpaired) electrons. The summed E-state index contributed by atoms with van der Waals surface area (Å²) < 4.78 is 5.20. The second-order valence-corrected chi connectivity index (χ2v) is 5.98. The lowest BCUT2D eigenvalue weighted by molar-refractivity contribution is 0.414. The third-order valence-electron chi connectivity index (χ3n) is 3.72. The van der Waals surface area contributed by atoms with Crippen LogP contribution < -0.4 is 4.74 Å². The van der Waals surface area contributed by atoms with E-state index in [4.69, 9.17) is 16.3 Å².